The Morgan fingerprint density at radius 1 is 1.53 bits per heavy atom. The molecule has 0 amide bonds. The third-order valence-corrected chi connectivity index (χ3v) is 3.84. The average molecular weight is 236 g/mol. The highest BCUT2D eigenvalue weighted by Crippen LogP contribution is 2.32. The Balaban J connectivity index is 2.33. The Morgan fingerprint density at radius 2 is 2.20 bits per heavy atom. The minimum atomic E-state index is -3.23. The van der Waals surface area contributed by atoms with Gasteiger partial charge in [0.15, 0.2) is 0 Å². The highest BCUT2D eigenvalue weighted by molar-refractivity contribution is 7.89. The van der Waals surface area contributed by atoms with E-state index in [-0.39, 0.29) is 18.4 Å². The number of nitrogens with one attached hydrogen (secondary N) is 1. The summed E-state index contributed by atoms with van der Waals surface area (Å²) in [4.78, 5) is 0. The van der Waals surface area contributed by atoms with Crippen molar-refractivity contribution < 1.29 is 13.2 Å². The Labute approximate surface area is 91.4 Å². The average Bonchev–Trinajstić information content (AvgIpc) is 2.98. The maximum absolute atomic E-state index is 11.6. The van der Waals surface area contributed by atoms with Crippen molar-refractivity contribution >= 4 is 10.0 Å². The molecule has 0 aliphatic heterocycles. The number of ether oxygens (including phenoxy) is 1. The molecule has 0 saturated heterocycles. The molecule has 3 N–H and O–H groups in total. The predicted molar refractivity (Wildman–Crippen MR) is 59.0 cm³/mol. The second kappa shape index (κ2) is 5.79. The molecule has 0 heterocycles. The first-order valence-corrected chi connectivity index (χ1v) is 7.02. The van der Waals surface area contributed by atoms with E-state index in [9.17, 15) is 8.42 Å². The number of rotatable bonds is 8. The molecule has 1 fully saturated rings. The van der Waals surface area contributed by atoms with Crippen molar-refractivity contribution in [1.29, 1.82) is 0 Å². The molecule has 0 spiro atoms. The van der Waals surface area contributed by atoms with Gasteiger partial charge in [-0.1, -0.05) is 0 Å². The van der Waals surface area contributed by atoms with Crippen molar-refractivity contribution in [3.63, 3.8) is 0 Å². The predicted octanol–water partition coefficient (Wildman–Crippen LogP) is -0.320. The summed E-state index contributed by atoms with van der Waals surface area (Å²) < 4.78 is 30.8. The molecule has 5 nitrogen and oxygen atoms in total. The van der Waals surface area contributed by atoms with Gasteiger partial charge in [-0.2, -0.15) is 0 Å². The van der Waals surface area contributed by atoms with Crippen LogP contribution in [0.1, 0.15) is 19.8 Å². The van der Waals surface area contributed by atoms with Crippen LogP contribution in [0.5, 0.6) is 0 Å². The normalized spacial score (nSPS) is 19.1. The highest BCUT2D eigenvalue weighted by Gasteiger charge is 2.32. The Kier molecular flexibility index (Phi) is 4.98. The lowest BCUT2D eigenvalue weighted by molar-refractivity contribution is 0.163. The smallest absolute Gasteiger partial charge is 0.214 e. The van der Waals surface area contributed by atoms with E-state index in [2.05, 4.69) is 4.72 Å². The summed E-state index contributed by atoms with van der Waals surface area (Å²) in [5, 5.41) is 0. The van der Waals surface area contributed by atoms with E-state index in [1.54, 1.807) is 0 Å². The van der Waals surface area contributed by atoms with Crippen molar-refractivity contribution in [3.8, 4) is 0 Å². The minimum absolute atomic E-state index is 0.0179. The third kappa shape index (κ3) is 4.92. The molecule has 0 aromatic heterocycles. The van der Waals surface area contributed by atoms with Gasteiger partial charge in [-0.25, -0.2) is 13.1 Å². The van der Waals surface area contributed by atoms with Gasteiger partial charge in [0, 0.05) is 19.2 Å². The van der Waals surface area contributed by atoms with Crippen LogP contribution >= 0.6 is 0 Å². The number of hydrogen-bond acceptors (Lipinski definition) is 4. The SMILES string of the molecule is CCOCCS(=O)(=O)NC(CN)C1CC1. The topological polar surface area (TPSA) is 81.4 Å². The zero-order valence-corrected chi connectivity index (χ0v) is 9.92. The maximum Gasteiger partial charge on any atom is 0.214 e. The van der Waals surface area contributed by atoms with Gasteiger partial charge in [-0.3, -0.25) is 0 Å². The summed E-state index contributed by atoms with van der Waals surface area (Å²) in [5.41, 5.74) is 5.52. The zero-order chi connectivity index (χ0) is 11.3. The van der Waals surface area contributed by atoms with Crippen LogP contribution in [0.3, 0.4) is 0 Å². The van der Waals surface area contributed by atoms with Crippen molar-refractivity contribution in [2.45, 2.75) is 25.8 Å². The van der Waals surface area contributed by atoms with Gasteiger partial charge in [-0.15, -0.1) is 0 Å². The number of nitrogens with two attached hydrogens (primary N) is 1. The number of sulfonamides is 1. The quantitative estimate of drug-likeness (QED) is 0.566. The summed E-state index contributed by atoms with van der Waals surface area (Å²) in [5.74, 6) is 0.459. The zero-order valence-electron chi connectivity index (χ0n) is 9.11. The minimum Gasteiger partial charge on any atom is -0.381 e. The Bertz CT molecular complexity index is 275. The van der Waals surface area contributed by atoms with E-state index < -0.39 is 10.0 Å². The largest absolute Gasteiger partial charge is 0.381 e. The molecule has 1 atom stereocenters. The Morgan fingerprint density at radius 3 is 2.67 bits per heavy atom. The molecule has 6 heteroatoms. The number of hydrogen-bond donors (Lipinski definition) is 2. The molecule has 1 unspecified atom stereocenters. The molecule has 15 heavy (non-hydrogen) atoms. The molecule has 1 aliphatic carbocycles. The van der Waals surface area contributed by atoms with Gasteiger partial charge in [0.2, 0.25) is 10.0 Å². The molecule has 1 rings (SSSR count). The highest BCUT2D eigenvalue weighted by atomic mass is 32.2. The van der Waals surface area contributed by atoms with Gasteiger partial charge < -0.3 is 10.5 Å². The lowest BCUT2D eigenvalue weighted by Gasteiger charge is -2.15. The van der Waals surface area contributed by atoms with Crippen molar-refractivity contribution in [1.82, 2.24) is 4.72 Å². The molecule has 1 saturated carbocycles. The van der Waals surface area contributed by atoms with Crippen molar-refractivity contribution in [2.24, 2.45) is 11.7 Å². The molecule has 0 bridgehead atoms. The van der Waals surface area contributed by atoms with E-state index >= 15 is 0 Å². The first kappa shape index (κ1) is 12.9. The summed E-state index contributed by atoms with van der Waals surface area (Å²) in [7, 11) is -3.23. The van der Waals surface area contributed by atoms with Crippen LogP contribution in [0, 0.1) is 5.92 Å². The second-order valence-corrected chi connectivity index (χ2v) is 5.69. The maximum atomic E-state index is 11.6. The fourth-order valence-corrected chi connectivity index (χ4v) is 2.64. The lowest BCUT2D eigenvalue weighted by Crippen LogP contribution is -2.43. The van der Waals surface area contributed by atoms with Gasteiger partial charge in [-0.05, 0) is 25.7 Å². The first-order valence-electron chi connectivity index (χ1n) is 5.37. The molecule has 1 aliphatic rings. The fourth-order valence-electron chi connectivity index (χ4n) is 1.44. The molecular weight excluding hydrogens is 216 g/mol. The standard InChI is InChI=1S/C9H20N2O3S/c1-2-14-5-6-15(12,13)11-9(7-10)8-3-4-8/h8-9,11H,2-7,10H2,1H3. The van der Waals surface area contributed by atoms with Crippen LogP contribution in [0.25, 0.3) is 0 Å². The monoisotopic (exact) mass is 236 g/mol. The fraction of sp³-hybridized carbons (Fsp3) is 1.00. The summed E-state index contributed by atoms with van der Waals surface area (Å²) in [6.45, 7) is 3.00. The molecule has 0 aromatic carbocycles. The van der Waals surface area contributed by atoms with Gasteiger partial charge in [0.1, 0.15) is 0 Å². The van der Waals surface area contributed by atoms with Crippen molar-refractivity contribution in [2.75, 3.05) is 25.5 Å². The Hall–Kier alpha value is -0.170. The van der Waals surface area contributed by atoms with Crippen LogP contribution in [0.15, 0.2) is 0 Å². The van der Waals surface area contributed by atoms with Gasteiger partial charge in [0.05, 0.1) is 12.4 Å². The lowest BCUT2D eigenvalue weighted by atomic mass is 10.2. The van der Waals surface area contributed by atoms with Crippen molar-refractivity contribution in [3.05, 3.63) is 0 Å². The summed E-state index contributed by atoms with van der Waals surface area (Å²) in [6.07, 6.45) is 2.16. The van der Waals surface area contributed by atoms with E-state index in [4.69, 9.17) is 10.5 Å². The summed E-state index contributed by atoms with van der Waals surface area (Å²) in [6, 6.07) is -0.0865. The van der Waals surface area contributed by atoms with Crippen LogP contribution in [-0.4, -0.2) is 40.0 Å². The third-order valence-electron chi connectivity index (χ3n) is 2.48. The van der Waals surface area contributed by atoms with Crippen LogP contribution in [-0.2, 0) is 14.8 Å². The van der Waals surface area contributed by atoms with E-state index in [0.29, 0.717) is 19.1 Å². The van der Waals surface area contributed by atoms with Gasteiger partial charge in [0.25, 0.3) is 0 Å². The van der Waals surface area contributed by atoms with E-state index in [0.717, 1.165) is 12.8 Å². The molecular formula is C9H20N2O3S. The first-order chi connectivity index (χ1) is 7.09. The second-order valence-electron chi connectivity index (χ2n) is 3.81. The van der Waals surface area contributed by atoms with E-state index in [1.165, 1.54) is 0 Å². The summed E-state index contributed by atoms with van der Waals surface area (Å²) >= 11 is 0. The van der Waals surface area contributed by atoms with Crippen LogP contribution < -0.4 is 10.5 Å². The van der Waals surface area contributed by atoms with Crippen LogP contribution in [0.4, 0.5) is 0 Å². The van der Waals surface area contributed by atoms with E-state index in [1.807, 2.05) is 6.92 Å². The van der Waals surface area contributed by atoms with Gasteiger partial charge >= 0.3 is 0 Å². The molecule has 90 valence electrons. The molecule has 0 aromatic rings. The van der Waals surface area contributed by atoms with Crippen LogP contribution in [0.2, 0.25) is 0 Å². The molecule has 0 radical (unpaired) electrons.